The number of unbranched alkanes of at least 4 members (excludes halogenated alkanes) is 1. The summed E-state index contributed by atoms with van der Waals surface area (Å²) in [5.41, 5.74) is 0.956. The largest absolute Gasteiger partial charge is 0.331 e. The molecule has 0 amide bonds. The van der Waals surface area contributed by atoms with Crippen LogP contribution in [0.15, 0.2) is 12.5 Å². The maximum Gasteiger partial charge on any atom is 0.145 e. The number of rotatable bonds is 5. The lowest BCUT2D eigenvalue weighted by Crippen LogP contribution is -2.18. The van der Waals surface area contributed by atoms with Crippen LogP contribution in [-0.4, -0.2) is 22.6 Å². The second-order valence-electron chi connectivity index (χ2n) is 6.05. The average molecular weight is 408 g/mol. The third kappa shape index (κ3) is 3.92. The number of fused-ring (bicyclic) bond motifs is 1. The van der Waals surface area contributed by atoms with Gasteiger partial charge >= 0.3 is 0 Å². The van der Waals surface area contributed by atoms with Gasteiger partial charge in [-0.2, -0.15) is 0 Å². The van der Waals surface area contributed by atoms with Crippen LogP contribution in [0.4, 0.5) is 0 Å². The summed E-state index contributed by atoms with van der Waals surface area (Å²) in [5.74, 6) is 0. The predicted octanol–water partition coefficient (Wildman–Crippen LogP) is 4.81. The molecule has 0 unspecified atom stereocenters. The molecule has 0 N–H and O–H groups in total. The molecule has 104 valence electrons. The summed E-state index contributed by atoms with van der Waals surface area (Å²) in [7, 11) is -0.910. The molecule has 0 saturated carbocycles. The van der Waals surface area contributed by atoms with Crippen LogP contribution < -0.4 is 0 Å². The summed E-state index contributed by atoms with van der Waals surface area (Å²) in [4.78, 5) is 8.41. The highest BCUT2D eigenvalue weighted by atomic mass is 127. The highest BCUT2D eigenvalue weighted by Gasteiger charge is 2.13. The fourth-order valence-electron chi connectivity index (χ4n) is 2.15. The monoisotopic (exact) mass is 407 g/mol. The molecule has 0 spiro atoms. The lowest BCUT2D eigenvalue weighted by atomic mass is 10.3. The van der Waals surface area contributed by atoms with Gasteiger partial charge in [-0.25, -0.2) is 9.97 Å². The maximum absolute atomic E-state index is 6.13. The van der Waals surface area contributed by atoms with Gasteiger partial charge in [0.2, 0.25) is 0 Å². The van der Waals surface area contributed by atoms with E-state index in [2.05, 4.69) is 63.0 Å². The van der Waals surface area contributed by atoms with Crippen molar-refractivity contribution >= 4 is 53.3 Å². The molecule has 6 heteroatoms. The van der Waals surface area contributed by atoms with Gasteiger partial charge in [0.1, 0.15) is 17.1 Å². The topological polar surface area (TPSA) is 30.7 Å². The molecule has 2 heterocycles. The van der Waals surface area contributed by atoms with Gasteiger partial charge in [0.15, 0.2) is 0 Å². The molecule has 0 aliphatic heterocycles. The lowest BCUT2D eigenvalue weighted by molar-refractivity contribution is 0.641. The van der Waals surface area contributed by atoms with E-state index in [1.54, 1.807) is 6.33 Å². The molecular formula is C13H19ClIN3Si. The van der Waals surface area contributed by atoms with Crippen molar-refractivity contribution in [1.82, 2.24) is 14.5 Å². The molecule has 2 aromatic rings. The molecule has 19 heavy (non-hydrogen) atoms. The van der Waals surface area contributed by atoms with Crippen molar-refractivity contribution in [2.75, 3.05) is 0 Å². The van der Waals surface area contributed by atoms with Gasteiger partial charge < -0.3 is 4.57 Å². The van der Waals surface area contributed by atoms with Gasteiger partial charge in [-0.15, -0.1) is 0 Å². The summed E-state index contributed by atoms with van der Waals surface area (Å²) in [6.07, 6.45) is 6.16. The number of hydrogen-bond donors (Lipinski definition) is 0. The van der Waals surface area contributed by atoms with Gasteiger partial charge in [0.05, 0.1) is 5.39 Å². The van der Waals surface area contributed by atoms with E-state index >= 15 is 0 Å². The molecule has 0 aromatic carbocycles. The zero-order valence-corrected chi connectivity index (χ0v) is 15.5. The summed E-state index contributed by atoms with van der Waals surface area (Å²) < 4.78 is 3.33. The molecule has 0 atom stereocenters. The van der Waals surface area contributed by atoms with Crippen LogP contribution in [0.2, 0.25) is 30.8 Å². The predicted molar refractivity (Wildman–Crippen MR) is 92.6 cm³/mol. The normalized spacial score (nSPS) is 12.3. The van der Waals surface area contributed by atoms with Crippen LogP contribution in [0.1, 0.15) is 12.8 Å². The van der Waals surface area contributed by atoms with E-state index in [0.29, 0.717) is 5.15 Å². The van der Waals surface area contributed by atoms with E-state index in [-0.39, 0.29) is 0 Å². The van der Waals surface area contributed by atoms with Crippen molar-refractivity contribution in [2.45, 2.75) is 45.1 Å². The fourth-order valence-corrected chi connectivity index (χ4v) is 4.68. The van der Waals surface area contributed by atoms with Crippen LogP contribution >= 0.6 is 34.2 Å². The van der Waals surface area contributed by atoms with Crippen LogP contribution in [0, 0.1) is 3.57 Å². The molecule has 0 radical (unpaired) electrons. The number of hydrogen-bond acceptors (Lipinski definition) is 2. The molecule has 0 aliphatic carbocycles. The molecule has 2 aromatic heterocycles. The summed E-state index contributed by atoms with van der Waals surface area (Å²) >= 11 is 8.43. The Bertz CT molecular complexity index is 577. The Morgan fingerprint density at radius 2 is 2.00 bits per heavy atom. The Kier molecular flexibility index (Phi) is 4.89. The van der Waals surface area contributed by atoms with Crippen molar-refractivity contribution < 1.29 is 0 Å². The molecular weight excluding hydrogens is 389 g/mol. The molecule has 0 fully saturated rings. The molecule has 0 aliphatic rings. The minimum absolute atomic E-state index is 0.551. The van der Waals surface area contributed by atoms with E-state index in [1.807, 2.05) is 0 Å². The first kappa shape index (κ1) is 15.2. The van der Waals surface area contributed by atoms with Crippen LogP contribution in [0.25, 0.3) is 11.0 Å². The Hall–Kier alpha value is -0.143. The van der Waals surface area contributed by atoms with Gasteiger partial charge in [0.25, 0.3) is 0 Å². The Morgan fingerprint density at radius 3 is 2.68 bits per heavy atom. The van der Waals surface area contributed by atoms with Crippen molar-refractivity contribution in [2.24, 2.45) is 0 Å². The molecule has 0 saturated heterocycles. The van der Waals surface area contributed by atoms with E-state index < -0.39 is 8.07 Å². The standard InChI is InChI=1S/C13H19ClIN3Si/c1-19(2,3)7-5-4-6-18-8-10(15)11-12(14)16-9-17-13(11)18/h8-9H,4-7H2,1-3H3. The third-order valence-electron chi connectivity index (χ3n) is 3.14. The SMILES string of the molecule is C[Si](C)(C)CCCCn1cc(I)c2c(Cl)ncnc21. The van der Waals surface area contributed by atoms with Gasteiger partial charge in [0, 0.05) is 24.4 Å². The van der Waals surface area contributed by atoms with Gasteiger partial charge in [-0.1, -0.05) is 43.7 Å². The minimum atomic E-state index is -0.910. The second-order valence-corrected chi connectivity index (χ2v) is 13.2. The first-order chi connectivity index (χ1) is 8.88. The van der Waals surface area contributed by atoms with Crippen molar-refractivity contribution in [3.63, 3.8) is 0 Å². The maximum atomic E-state index is 6.13. The average Bonchev–Trinajstić information content (AvgIpc) is 2.62. The Morgan fingerprint density at radius 1 is 1.26 bits per heavy atom. The highest BCUT2D eigenvalue weighted by molar-refractivity contribution is 14.1. The fraction of sp³-hybridized carbons (Fsp3) is 0.538. The first-order valence-electron chi connectivity index (χ1n) is 6.53. The van der Waals surface area contributed by atoms with Crippen molar-refractivity contribution in [3.8, 4) is 0 Å². The van der Waals surface area contributed by atoms with Crippen molar-refractivity contribution in [3.05, 3.63) is 21.2 Å². The summed E-state index contributed by atoms with van der Waals surface area (Å²) in [6.45, 7) is 8.29. The Labute approximate surface area is 133 Å². The van der Waals surface area contributed by atoms with E-state index in [9.17, 15) is 0 Å². The minimum Gasteiger partial charge on any atom is -0.331 e. The molecule has 3 nitrogen and oxygen atoms in total. The highest BCUT2D eigenvalue weighted by Crippen LogP contribution is 2.27. The van der Waals surface area contributed by atoms with E-state index in [1.165, 1.54) is 18.9 Å². The third-order valence-corrected chi connectivity index (χ3v) is 6.09. The van der Waals surface area contributed by atoms with Crippen LogP contribution in [0.3, 0.4) is 0 Å². The van der Waals surface area contributed by atoms with E-state index in [0.717, 1.165) is 21.1 Å². The number of halogens is 2. The molecule has 2 rings (SSSR count). The quantitative estimate of drug-likeness (QED) is 0.308. The summed E-state index contributed by atoms with van der Waals surface area (Å²) in [6, 6.07) is 1.39. The van der Waals surface area contributed by atoms with Crippen LogP contribution in [-0.2, 0) is 6.54 Å². The zero-order valence-electron chi connectivity index (χ0n) is 11.6. The summed E-state index contributed by atoms with van der Waals surface area (Å²) in [5, 5.41) is 1.53. The van der Waals surface area contributed by atoms with Crippen LogP contribution in [0.5, 0.6) is 0 Å². The lowest BCUT2D eigenvalue weighted by Gasteiger charge is -2.15. The van der Waals surface area contributed by atoms with Gasteiger partial charge in [-0.05, 0) is 29.0 Å². The number of aromatic nitrogens is 3. The first-order valence-corrected chi connectivity index (χ1v) is 11.7. The molecule has 0 bridgehead atoms. The van der Waals surface area contributed by atoms with Gasteiger partial charge in [-0.3, -0.25) is 0 Å². The zero-order chi connectivity index (χ0) is 14.0. The van der Waals surface area contributed by atoms with Crippen molar-refractivity contribution in [1.29, 1.82) is 0 Å². The number of nitrogens with zero attached hydrogens (tertiary/aromatic N) is 3. The number of aryl methyl sites for hydroxylation is 1. The second kappa shape index (κ2) is 6.09. The smallest absolute Gasteiger partial charge is 0.145 e. The van der Waals surface area contributed by atoms with E-state index in [4.69, 9.17) is 11.6 Å². The Balaban J connectivity index is 2.08.